The van der Waals surface area contributed by atoms with Gasteiger partial charge in [0.25, 0.3) is 5.91 Å². The summed E-state index contributed by atoms with van der Waals surface area (Å²) in [4.78, 5) is 81.7. The summed E-state index contributed by atoms with van der Waals surface area (Å²) in [7, 11) is 1.36. The van der Waals surface area contributed by atoms with E-state index < -0.39 is 53.8 Å². The van der Waals surface area contributed by atoms with Crippen molar-refractivity contribution >= 4 is 41.8 Å². The molecule has 5 rings (SSSR count). The minimum atomic E-state index is -1.45. The molecule has 0 aliphatic carbocycles. The zero-order valence-corrected chi connectivity index (χ0v) is 35.6. The van der Waals surface area contributed by atoms with E-state index in [9.17, 15) is 44.1 Å². The largest absolute Gasteiger partial charge is 0.507 e. The second-order valence-electron chi connectivity index (χ2n) is 15.7. The minimum Gasteiger partial charge on any atom is -0.507 e. The van der Waals surface area contributed by atoms with E-state index >= 15 is 0 Å². The van der Waals surface area contributed by atoms with Crippen LogP contribution in [0.15, 0.2) is 84.9 Å². The van der Waals surface area contributed by atoms with Crippen LogP contribution < -0.4 is 26.6 Å². The number of nitrogens with two attached hydrogens (primary N) is 1. The number of aryl methyl sites for hydroxylation is 1. The molecule has 10 N–H and O–H groups in total. The van der Waals surface area contributed by atoms with Gasteiger partial charge in [0.1, 0.15) is 35.7 Å². The number of hydrogen-bond donors (Lipinski definition) is 9. The predicted molar refractivity (Wildman–Crippen MR) is 236 cm³/mol. The SMILES string of the molecule is CCCc1ccc(-c2ccc(C(=O)NCCC(=O)N[C@@H](CCCC[NH2+]C=N)C(=O)N(C)[C@@H]3C(=O)N[C@@H](C)C(=O)N[C@H](C(=O)O)Cc4ccc(O)c(c4)-c4cc3ccc4O)cc2)cc1. The van der Waals surface area contributed by atoms with Gasteiger partial charge in [-0.1, -0.05) is 61.9 Å². The summed E-state index contributed by atoms with van der Waals surface area (Å²) < 4.78 is 0. The number of amides is 5. The van der Waals surface area contributed by atoms with Crippen molar-refractivity contribution in [3.63, 3.8) is 0 Å². The van der Waals surface area contributed by atoms with Gasteiger partial charge in [0.15, 0.2) is 6.34 Å². The van der Waals surface area contributed by atoms with Crippen molar-refractivity contribution in [3.8, 4) is 33.8 Å². The Morgan fingerprint density at radius 3 is 2.19 bits per heavy atom. The Morgan fingerprint density at radius 1 is 0.889 bits per heavy atom. The first kappa shape index (κ1) is 47.0. The van der Waals surface area contributed by atoms with Crippen molar-refractivity contribution in [1.29, 1.82) is 5.41 Å². The third-order valence-electron chi connectivity index (χ3n) is 11.0. The standard InChI is InChI=1S/C47H55N7O9/c1-4-7-29-9-12-31(13-10-29)32-14-16-33(17-15-32)44(59)50-23-21-41(57)52-37(8-5-6-22-49-27-48)46(61)54(3)42-34-18-20-40(56)36(26-34)35-24-30(11-19-39(35)55)25-38(47(62)63)53-43(58)28(2)51-45(42)60/h9-20,24,26-28,37-38,42,55-56H,4-8,21-23,25H2,1-3H3,(H2,48,49)(H,50,59)(H,51,60)(H,52,57)(H,53,58)(H,62,63)/p+1/t28-,37-,38-,42-/m0/s1. The fourth-order valence-corrected chi connectivity index (χ4v) is 7.46. The van der Waals surface area contributed by atoms with Gasteiger partial charge in [-0.25, -0.2) is 4.79 Å². The van der Waals surface area contributed by atoms with Crippen LogP contribution in [-0.2, 0) is 36.8 Å². The zero-order chi connectivity index (χ0) is 45.6. The smallest absolute Gasteiger partial charge is 0.326 e. The van der Waals surface area contributed by atoms with Crippen LogP contribution in [0.2, 0.25) is 0 Å². The molecule has 4 aromatic carbocycles. The van der Waals surface area contributed by atoms with Crippen LogP contribution in [0, 0.1) is 5.41 Å². The third kappa shape index (κ3) is 12.5. The molecule has 5 amide bonds. The van der Waals surface area contributed by atoms with E-state index in [1.807, 2.05) is 12.1 Å². The highest BCUT2D eigenvalue weighted by Gasteiger charge is 2.36. The Morgan fingerprint density at radius 2 is 1.54 bits per heavy atom. The molecule has 0 saturated carbocycles. The van der Waals surface area contributed by atoms with Gasteiger partial charge >= 0.3 is 5.97 Å². The highest BCUT2D eigenvalue weighted by atomic mass is 16.4. The van der Waals surface area contributed by atoms with Gasteiger partial charge in [0.2, 0.25) is 23.6 Å². The number of carboxylic acid groups (broad SMARTS) is 1. The summed E-state index contributed by atoms with van der Waals surface area (Å²) in [6, 6.07) is 18.6. The van der Waals surface area contributed by atoms with Crippen molar-refractivity contribution in [2.24, 2.45) is 0 Å². The Balaban J connectivity index is 1.35. The summed E-state index contributed by atoms with van der Waals surface area (Å²) in [5.74, 6) is -5.05. The van der Waals surface area contributed by atoms with Gasteiger partial charge in [-0.05, 0) is 96.8 Å². The number of carboxylic acids is 1. The number of carbonyl (C=O) groups excluding carboxylic acids is 5. The second kappa shape index (κ2) is 22.1. The van der Waals surface area contributed by atoms with E-state index in [1.165, 1.54) is 62.3 Å². The second-order valence-corrected chi connectivity index (χ2v) is 15.7. The van der Waals surface area contributed by atoms with Crippen LogP contribution in [0.5, 0.6) is 11.5 Å². The lowest BCUT2D eigenvalue weighted by molar-refractivity contribution is -0.531. The van der Waals surface area contributed by atoms with Crippen molar-refractivity contribution in [2.45, 2.75) is 83.0 Å². The first-order valence-electron chi connectivity index (χ1n) is 21.0. The number of phenolic OH excluding ortho intramolecular Hbond substituents is 2. The van der Waals surface area contributed by atoms with Gasteiger partial charge in [0, 0.05) is 43.1 Å². The first-order chi connectivity index (χ1) is 30.2. The Labute approximate surface area is 366 Å². The van der Waals surface area contributed by atoms with Crippen molar-refractivity contribution in [1.82, 2.24) is 26.2 Å². The summed E-state index contributed by atoms with van der Waals surface area (Å²) in [5, 5.41) is 51.3. The molecule has 16 heteroatoms. The Kier molecular flexibility index (Phi) is 16.5. The molecule has 1 heterocycles. The molecule has 63 heavy (non-hydrogen) atoms. The monoisotopic (exact) mass is 862 g/mol. The molecular weight excluding hydrogens is 807 g/mol. The Hall–Kier alpha value is -7.07. The van der Waals surface area contributed by atoms with Gasteiger partial charge < -0.3 is 46.8 Å². The summed E-state index contributed by atoms with van der Waals surface area (Å²) in [5.41, 5.74) is 4.48. The number of aliphatic carboxylic acids is 1. The minimum absolute atomic E-state index is 0.0333. The van der Waals surface area contributed by atoms with Crippen LogP contribution >= 0.6 is 0 Å². The molecule has 0 spiro atoms. The number of hydrogen-bond acceptors (Lipinski definition) is 9. The topological polar surface area (TPSA) is 255 Å². The average molecular weight is 863 g/mol. The van der Waals surface area contributed by atoms with Gasteiger partial charge in [0.05, 0.1) is 6.54 Å². The van der Waals surface area contributed by atoms with Crippen LogP contribution in [-0.4, -0.2) is 100 Å². The molecule has 0 saturated heterocycles. The third-order valence-corrected chi connectivity index (χ3v) is 11.0. The number of fused-ring (bicyclic) bond motifs is 5. The maximum absolute atomic E-state index is 14.5. The van der Waals surface area contributed by atoms with Crippen LogP contribution in [0.4, 0.5) is 0 Å². The lowest BCUT2D eigenvalue weighted by Gasteiger charge is -2.32. The maximum Gasteiger partial charge on any atom is 0.326 e. The number of nitrogens with zero attached hydrogens (tertiary/aromatic N) is 1. The van der Waals surface area contributed by atoms with E-state index in [0.717, 1.165) is 28.9 Å². The van der Waals surface area contributed by atoms with Gasteiger partial charge in [-0.2, -0.15) is 0 Å². The fraction of sp³-hybridized carbons (Fsp3) is 0.340. The molecule has 4 bridgehead atoms. The van der Waals surface area contributed by atoms with E-state index in [1.54, 1.807) is 17.4 Å². The zero-order valence-electron chi connectivity index (χ0n) is 35.6. The van der Waals surface area contributed by atoms with Crippen molar-refractivity contribution in [3.05, 3.63) is 107 Å². The molecule has 0 fully saturated rings. The molecule has 4 aromatic rings. The number of aromatic hydroxyl groups is 2. The molecule has 0 radical (unpaired) electrons. The van der Waals surface area contributed by atoms with Crippen molar-refractivity contribution < 1.29 is 49.4 Å². The quantitative estimate of drug-likeness (QED) is 0.0429. The Bertz CT molecular complexity index is 2300. The van der Waals surface area contributed by atoms with Crippen LogP contribution in [0.1, 0.15) is 79.0 Å². The van der Waals surface area contributed by atoms with Crippen LogP contribution in [0.25, 0.3) is 22.3 Å². The fourth-order valence-electron chi connectivity index (χ4n) is 7.46. The number of carbonyl (C=O) groups is 6. The number of quaternary nitrogens is 1. The number of unbranched alkanes of at least 4 members (excludes halogenated alkanes) is 1. The molecule has 4 atom stereocenters. The molecule has 0 unspecified atom stereocenters. The van der Waals surface area contributed by atoms with Gasteiger partial charge in [-0.3, -0.25) is 29.4 Å². The number of rotatable bonds is 17. The van der Waals surface area contributed by atoms with Crippen LogP contribution in [0.3, 0.4) is 0 Å². The maximum atomic E-state index is 14.5. The van der Waals surface area contributed by atoms with Gasteiger partial charge in [-0.15, -0.1) is 0 Å². The lowest BCUT2D eigenvalue weighted by atomic mass is 9.93. The number of likely N-dealkylation sites (N-methyl/N-ethyl adjacent to an activating group) is 1. The summed E-state index contributed by atoms with van der Waals surface area (Å²) in [6.45, 7) is 4.03. The molecule has 0 aromatic heterocycles. The highest BCUT2D eigenvalue weighted by Crippen LogP contribution is 2.39. The molecule has 1 aliphatic rings. The number of phenols is 2. The number of benzene rings is 4. The summed E-state index contributed by atoms with van der Waals surface area (Å²) in [6.07, 6.45) is 4.11. The van der Waals surface area contributed by atoms with E-state index in [4.69, 9.17) is 5.41 Å². The number of nitrogens with one attached hydrogen (secondary N) is 5. The summed E-state index contributed by atoms with van der Waals surface area (Å²) >= 11 is 0. The van der Waals surface area contributed by atoms with E-state index in [-0.39, 0.29) is 59.9 Å². The van der Waals surface area contributed by atoms with E-state index in [2.05, 4.69) is 52.5 Å². The molecule has 332 valence electrons. The van der Waals surface area contributed by atoms with Crippen molar-refractivity contribution in [2.75, 3.05) is 20.1 Å². The normalized spacial score (nSPS) is 16.7. The predicted octanol–water partition coefficient (Wildman–Crippen LogP) is 3.16. The molecule has 16 nitrogen and oxygen atoms in total. The lowest BCUT2D eigenvalue weighted by Crippen LogP contribution is -2.82. The highest BCUT2D eigenvalue weighted by molar-refractivity contribution is 5.97. The molecular formula is C47H56N7O9+. The average Bonchev–Trinajstić information content (AvgIpc) is 3.26. The van der Waals surface area contributed by atoms with E-state index in [0.29, 0.717) is 30.5 Å². The first-order valence-corrected chi connectivity index (χ1v) is 21.0. The molecule has 1 aliphatic heterocycles.